The van der Waals surface area contributed by atoms with Crippen molar-refractivity contribution in [3.05, 3.63) is 29.6 Å². The third-order valence-electron chi connectivity index (χ3n) is 3.52. The van der Waals surface area contributed by atoms with Gasteiger partial charge >= 0.3 is 0 Å². The van der Waals surface area contributed by atoms with Crippen molar-refractivity contribution < 1.29 is 9.94 Å². The molecule has 0 radical (unpaired) electrons. The number of ether oxygens (including phenoxy) is 1. The summed E-state index contributed by atoms with van der Waals surface area (Å²) in [5, 5.41) is 15.3. The fourth-order valence-electron chi connectivity index (χ4n) is 2.38. The highest BCUT2D eigenvalue weighted by Gasteiger charge is 2.14. The standard InChI is InChI=1S/C14H23N5O2/c1-11(10-19-5-7-21-8-6-19)17-9-12-3-2-4-16-13(12)14(15)18-20/h2-4,11,17,20H,5-10H2,1H3,(H2,15,18). The number of nitrogens with two attached hydrogens (primary N) is 1. The Morgan fingerprint density at radius 1 is 1.57 bits per heavy atom. The van der Waals surface area contributed by atoms with Crippen molar-refractivity contribution in [1.82, 2.24) is 15.2 Å². The molecule has 1 saturated heterocycles. The predicted octanol–water partition coefficient (Wildman–Crippen LogP) is -0.0136. The van der Waals surface area contributed by atoms with Gasteiger partial charge < -0.3 is 21.0 Å². The van der Waals surface area contributed by atoms with E-state index in [2.05, 4.69) is 27.3 Å². The molecule has 0 aromatic carbocycles. The number of morpholine rings is 1. The highest BCUT2D eigenvalue weighted by molar-refractivity contribution is 5.96. The largest absolute Gasteiger partial charge is 0.409 e. The lowest BCUT2D eigenvalue weighted by atomic mass is 10.1. The van der Waals surface area contributed by atoms with E-state index in [-0.39, 0.29) is 5.84 Å². The molecule has 0 amide bonds. The maximum absolute atomic E-state index is 8.79. The molecule has 0 bridgehead atoms. The Hall–Kier alpha value is -1.70. The van der Waals surface area contributed by atoms with Gasteiger partial charge in [-0.15, -0.1) is 0 Å². The number of oxime groups is 1. The van der Waals surface area contributed by atoms with Crippen LogP contribution in [0.4, 0.5) is 0 Å². The van der Waals surface area contributed by atoms with Gasteiger partial charge in [0.05, 0.1) is 13.2 Å². The number of rotatable bonds is 6. The van der Waals surface area contributed by atoms with Gasteiger partial charge in [-0.3, -0.25) is 9.88 Å². The number of hydrogen-bond donors (Lipinski definition) is 3. The van der Waals surface area contributed by atoms with Gasteiger partial charge in [0, 0.05) is 38.4 Å². The lowest BCUT2D eigenvalue weighted by Crippen LogP contribution is -2.44. The van der Waals surface area contributed by atoms with E-state index in [0.29, 0.717) is 18.3 Å². The summed E-state index contributed by atoms with van der Waals surface area (Å²) in [6.07, 6.45) is 1.63. The Kier molecular flexibility index (Phi) is 5.91. The summed E-state index contributed by atoms with van der Waals surface area (Å²) in [4.78, 5) is 6.54. The molecule has 116 valence electrons. The number of nitrogens with zero attached hydrogens (tertiary/aromatic N) is 3. The molecule has 0 aliphatic carbocycles. The molecule has 1 aliphatic heterocycles. The quantitative estimate of drug-likeness (QED) is 0.295. The fourth-order valence-corrected chi connectivity index (χ4v) is 2.38. The van der Waals surface area contributed by atoms with Crippen LogP contribution in [-0.4, -0.2) is 59.8 Å². The van der Waals surface area contributed by atoms with Crippen LogP contribution in [-0.2, 0) is 11.3 Å². The second kappa shape index (κ2) is 7.92. The molecule has 0 spiro atoms. The Morgan fingerprint density at radius 2 is 2.33 bits per heavy atom. The van der Waals surface area contributed by atoms with Crippen molar-refractivity contribution in [2.24, 2.45) is 10.9 Å². The minimum absolute atomic E-state index is 0.0354. The molecule has 7 nitrogen and oxygen atoms in total. The lowest BCUT2D eigenvalue weighted by Gasteiger charge is -2.29. The number of aromatic nitrogens is 1. The van der Waals surface area contributed by atoms with Gasteiger partial charge in [0.15, 0.2) is 5.84 Å². The zero-order valence-electron chi connectivity index (χ0n) is 12.3. The minimum Gasteiger partial charge on any atom is -0.409 e. The Morgan fingerprint density at radius 3 is 3.05 bits per heavy atom. The highest BCUT2D eigenvalue weighted by Crippen LogP contribution is 2.06. The van der Waals surface area contributed by atoms with Gasteiger partial charge in [-0.1, -0.05) is 11.2 Å². The molecule has 1 aliphatic rings. The zero-order valence-corrected chi connectivity index (χ0v) is 12.3. The maximum atomic E-state index is 8.79. The van der Waals surface area contributed by atoms with E-state index < -0.39 is 0 Å². The first-order valence-electron chi connectivity index (χ1n) is 7.16. The van der Waals surface area contributed by atoms with Crippen molar-refractivity contribution in [3.8, 4) is 0 Å². The molecule has 1 unspecified atom stereocenters. The van der Waals surface area contributed by atoms with Crippen LogP contribution < -0.4 is 11.1 Å². The molecule has 2 heterocycles. The normalized spacial score (nSPS) is 18.6. The van der Waals surface area contributed by atoms with Crippen LogP contribution in [0.3, 0.4) is 0 Å². The Labute approximate surface area is 124 Å². The van der Waals surface area contributed by atoms with Crippen LogP contribution >= 0.6 is 0 Å². The minimum atomic E-state index is 0.0354. The summed E-state index contributed by atoms with van der Waals surface area (Å²) < 4.78 is 5.34. The average Bonchev–Trinajstić information content (AvgIpc) is 2.53. The van der Waals surface area contributed by atoms with Crippen molar-refractivity contribution in [3.63, 3.8) is 0 Å². The van der Waals surface area contributed by atoms with Crippen molar-refractivity contribution in [1.29, 1.82) is 0 Å². The topological polar surface area (TPSA) is 96.0 Å². The van der Waals surface area contributed by atoms with Gasteiger partial charge in [-0.25, -0.2) is 0 Å². The van der Waals surface area contributed by atoms with Crippen molar-refractivity contribution >= 4 is 5.84 Å². The predicted molar refractivity (Wildman–Crippen MR) is 80.3 cm³/mol. The van der Waals surface area contributed by atoms with Crippen molar-refractivity contribution in [2.45, 2.75) is 19.5 Å². The molecule has 1 atom stereocenters. The molecule has 7 heteroatoms. The molecule has 1 fully saturated rings. The summed E-state index contributed by atoms with van der Waals surface area (Å²) in [7, 11) is 0. The molecule has 0 saturated carbocycles. The molecular weight excluding hydrogens is 270 g/mol. The van der Waals surface area contributed by atoms with Gasteiger partial charge in [0.1, 0.15) is 5.69 Å². The summed E-state index contributed by atoms with van der Waals surface area (Å²) >= 11 is 0. The summed E-state index contributed by atoms with van der Waals surface area (Å²) in [5.41, 5.74) is 7.08. The fraction of sp³-hybridized carbons (Fsp3) is 0.571. The molecule has 21 heavy (non-hydrogen) atoms. The van der Waals surface area contributed by atoms with Gasteiger partial charge in [-0.05, 0) is 18.6 Å². The van der Waals surface area contributed by atoms with E-state index >= 15 is 0 Å². The first-order valence-corrected chi connectivity index (χ1v) is 7.16. The Bertz CT molecular complexity index is 474. The summed E-state index contributed by atoms with van der Waals surface area (Å²) in [6, 6.07) is 4.11. The monoisotopic (exact) mass is 293 g/mol. The van der Waals surface area contributed by atoms with E-state index in [1.54, 1.807) is 6.20 Å². The van der Waals surface area contributed by atoms with Gasteiger partial charge in [0.2, 0.25) is 0 Å². The smallest absolute Gasteiger partial charge is 0.189 e. The third-order valence-corrected chi connectivity index (χ3v) is 3.52. The molecule has 1 aromatic rings. The maximum Gasteiger partial charge on any atom is 0.189 e. The number of amidine groups is 1. The summed E-state index contributed by atoms with van der Waals surface area (Å²) in [5.74, 6) is 0.0354. The lowest BCUT2D eigenvalue weighted by molar-refractivity contribution is 0.0343. The van der Waals surface area contributed by atoms with E-state index in [1.165, 1.54) is 0 Å². The molecule has 1 aromatic heterocycles. The number of hydrogen-bond acceptors (Lipinski definition) is 6. The Balaban J connectivity index is 1.87. The number of nitrogens with one attached hydrogen (secondary N) is 1. The first-order chi connectivity index (χ1) is 10.2. The highest BCUT2D eigenvalue weighted by atomic mass is 16.5. The van der Waals surface area contributed by atoms with Crippen LogP contribution in [0.15, 0.2) is 23.5 Å². The average molecular weight is 293 g/mol. The SMILES string of the molecule is CC(CN1CCOCC1)NCc1cccnc1C(N)=NO. The van der Waals surface area contributed by atoms with Gasteiger partial charge in [0.25, 0.3) is 0 Å². The van der Waals surface area contributed by atoms with Crippen LogP contribution in [0.25, 0.3) is 0 Å². The first kappa shape index (κ1) is 15.7. The van der Waals surface area contributed by atoms with Gasteiger partial charge in [-0.2, -0.15) is 0 Å². The van der Waals surface area contributed by atoms with Crippen LogP contribution in [0, 0.1) is 0 Å². The number of pyridine rings is 1. The molecular formula is C14H23N5O2. The molecule has 4 N–H and O–H groups in total. The van der Waals surface area contributed by atoms with Crippen LogP contribution in [0.5, 0.6) is 0 Å². The van der Waals surface area contributed by atoms with Crippen molar-refractivity contribution in [2.75, 3.05) is 32.8 Å². The second-order valence-corrected chi connectivity index (χ2v) is 5.19. The van der Waals surface area contributed by atoms with E-state index in [4.69, 9.17) is 15.7 Å². The van der Waals surface area contributed by atoms with E-state index in [0.717, 1.165) is 38.4 Å². The van der Waals surface area contributed by atoms with E-state index in [1.807, 2.05) is 12.1 Å². The zero-order chi connectivity index (χ0) is 15.1. The van der Waals surface area contributed by atoms with Crippen LogP contribution in [0.2, 0.25) is 0 Å². The third kappa shape index (κ3) is 4.66. The van der Waals surface area contributed by atoms with Crippen LogP contribution in [0.1, 0.15) is 18.2 Å². The second-order valence-electron chi connectivity index (χ2n) is 5.19. The van der Waals surface area contributed by atoms with E-state index in [9.17, 15) is 0 Å². The summed E-state index contributed by atoms with van der Waals surface area (Å²) in [6.45, 7) is 7.33. The molecule has 2 rings (SSSR count).